The largest absolute Gasteiger partial charge is 0.481 e. The lowest BCUT2D eigenvalue weighted by Crippen LogP contribution is -2.20. The number of carboxylic acid groups (broad SMARTS) is 1. The SMILES string of the molecule is CCc1ccccc1N(C)CCCC(=O)O.Cl. The maximum absolute atomic E-state index is 10.4. The van der Waals surface area contributed by atoms with Crippen LogP contribution in [-0.2, 0) is 11.2 Å². The summed E-state index contributed by atoms with van der Waals surface area (Å²) < 4.78 is 0. The number of hydrogen-bond donors (Lipinski definition) is 1. The van der Waals surface area contributed by atoms with Gasteiger partial charge in [-0.3, -0.25) is 4.79 Å². The molecule has 0 saturated carbocycles. The Labute approximate surface area is 109 Å². The average Bonchev–Trinajstić information content (AvgIpc) is 2.28. The first-order valence-electron chi connectivity index (χ1n) is 5.66. The highest BCUT2D eigenvalue weighted by molar-refractivity contribution is 5.85. The van der Waals surface area contributed by atoms with Crippen molar-refractivity contribution in [1.82, 2.24) is 0 Å². The molecular formula is C13H20ClNO2. The van der Waals surface area contributed by atoms with Crippen LogP contribution in [0.2, 0.25) is 0 Å². The van der Waals surface area contributed by atoms with Gasteiger partial charge in [-0.25, -0.2) is 0 Å². The lowest BCUT2D eigenvalue weighted by atomic mass is 10.1. The summed E-state index contributed by atoms with van der Waals surface area (Å²) in [5.41, 5.74) is 2.51. The van der Waals surface area contributed by atoms with Crippen LogP contribution >= 0.6 is 12.4 Å². The Kier molecular flexibility index (Phi) is 7.39. The second-order valence-corrected chi connectivity index (χ2v) is 3.90. The summed E-state index contributed by atoms with van der Waals surface area (Å²) in [6.07, 6.45) is 1.92. The molecule has 0 aliphatic heterocycles. The molecule has 0 saturated heterocycles. The summed E-state index contributed by atoms with van der Waals surface area (Å²) >= 11 is 0. The monoisotopic (exact) mass is 257 g/mol. The van der Waals surface area contributed by atoms with Gasteiger partial charge in [-0.15, -0.1) is 12.4 Å². The predicted molar refractivity (Wildman–Crippen MR) is 73.2 cm³/mol. The van der Waals surface area contributed by atoms with Crippen LogP contribution in [0.1, 0.15) is 25.3 Å². The number of carboxylic acids is 1. The molecule has 17 heavy (non-hydrogen) atoms. The zero-order valence-corrected chi connectivity index (χ0v) is 11.2. The van der Waals surface area contributed by atoms with E-state index in [1.807, 2.05) is 19.2 Å². The van der Waals surface area contributed by atoms with Crippen LogP contribution in [0.25, 0.3) is 0 Å². The zero-order valence-electron chi connectivity index (χ0n) is 10.3. The average molecular weight is 258 g/mol. The minimum absolute atomic E-state index is 0. The highest BCUT2D eigenvalue weighted by atomic mass is 35.5. The number of aliphatic carboxylic acids is 1. The maximum Gasteiger partial charge on any atom is 0.303 e. The van der Waals surface area contributed by atoms with Gasteiger partial charge < -0.3 is 10.0 Å². The standard InChI is InChI=1S/C13H19NO2.ClH/c1-3-11-7-4-5-8-12(11)14(2)10-6-9-13(15)16;/h4-5,7-8H,3,6,9-10H2,1-2H3,(H,15,16);1H. The third-order valence-corrected chi connectivity index (χ3v) is 2.67. The minimum atomic E-state index is -0.725. The molecule has 1 rings (SSSR count). The van der Waals surface area contributed by atoms with Gasteiger partial charge in [0.25, 0.3) is 0 Å². The second-order valence-electron chi connectivity index (χ2n) is 3.90. The van der Waals surface area contributed by atoms with Crippen LogP contribution in [-0.4, -0.2) is 24.7 Å². The number of carbonyl (C=O) groups is 1. The third kappa shape index (κ3) is 5.09. The number of nitrogens with zero attached hydrogens (tertiary/aromatic N) is 1. The summed E-state index contributed by atoms with van der Waals surface area (Å²) in [4.78, 5) is 12.5. The minimum Gasteiger partial charge on any atom is -0.481 e. The molecule has 1 aromatic carbocycles. The Balaban J connectivity index is 0.00000256. The molecule has 1 N–H and O–H groups in total. The van der Waals surface area contributed by atoms with Gasteiger partial charge in [0.05, 0.1) is 0 Å². The first kappa shape index (κ1) is 15.8. The molecule has 0 unspecified atom stereocenters. The summed E-state index contributed by atoms with van der Waals surface area (Å²) in [6.45, 7) is 2.91. The van der Waals surface area contributed by atoms with E-state index in [0.717, 1.165) is 13.0 Å². The summed E-state index contributed by atoms with van der Waals surface area (Å²) in [5, 5.41) is 8.58. The Hall–Kier alpha value is -1.22. The van der Waals surface area contributed by atoms with Gasteiger partial charge in [0, 0.05) is 25.7 Å². The topological polar surface area (TPSA) is 40.5 Å². The fourth-order valence-electron chi connectivity index (χ4n) is 1.77. The molecule has 0 spiro atoms. The van der Waals surface area contributed by atoms with Crippen molar-refractivity contribution in [2.45, 2.75) is 26.2 Å². The van der Waals surface area contributed by atoms with Gasteiger partial charge in [-0.05, 0) is 24.5 Å². The predicted octanol–water partition coefficient (Wildman–Crippen LogP) is 2.97. The Morgan fingerprint density at radius 3 is 2.59 bits per heavy atom. The molecule has 0 aliphatic rings. The highest BCUT2D eigenvalue weighted by Crippen LogP contribution is 2.19. The smallest absolute Gasteiger partial charge is 0.303 e. The first-order chi connectivity index (χ1) is 7.65. The Bertz CT molecular complexity index is 355. The maximum atomic E-state index is 10.4. The number of hydrogen-bond acceptors (Lipinski definition) is 2. The van der Waals surface area contributed by atoms with E-state index in [-0.39, 0.29) is 18.8 Å². The molecule has 0 fully saturated rings. The Morgan fingerprint density at radius 2 is 2.00 bits per heavy atom. The van der Waals surface area contributed by atoms with Crippen molar-refractivity contribution in [2.24, 2.45) is 0 Å². The van der Waals surface area contributed by atoms with Crippen LogP contribution in [0, 0.1) is 0 Å². The van der Waals surface area contributed by atoms with Crippen molar-refractivity contribution >= 4 is 24.1 Å². The van der Waals surface area contributed by atoms with E-state index in [1.54, 1.807) is 0 Å². The van der Waals surface area contributed by atoms with E-state index in [0.29, 0.717) is 6.42 Å². The van der Waals surface area contributed by atoms with Crippen LogP contribution in [0.3, 0.4) is 0 Å². The summed E-state index contributed by atoms with van der Waals surface area (Å²) in [5.74, 6) is -0.725. The quantitative estimate of drug-likeness (QED) is 0.852. The highest BCUT2D eigenvalue weighted by Gasteiger charge is 2.05. The van der Waals surface area contributed by atoms with E-state index in [4.69, 9.17) is 5.11 Å². The number of anilines is 1. The molecule has 0 aliphatic carbocycles. The number of aryl methyl sites for hydroxylation is 1. The van der Waals surface area contributed by atoms with Crippen LogP contribution in [0.4, 0.5) is 5.69 Å². The van der Waals surface area contributed by atoms with Gasteiger partial charge in [0.1, 0.15) is 0 Å². The number of para-hydroxylation sites is 1. The van der Waals surface area contributed by atoms with Crippen molar-refractivity contribution in [2.75, 3.05) is 18.5 Å². The molecule has 0 bridgehead atoms. The van der Waals surface area contributed by atoms with E-state index in [2.05, 4.69) is 24.0 Å². The van der Waals surface area contributed by atoms with E-state index in [9.17, 15) is 4.79 Å². The zero-order chi connectivity index (χ0) is 12.0. The second kappa shape index (κ2) is 7.96. The van der Waals surface area contributed by atoms with Crippen molar-refractivity contribution < 1.29 is 9.90 Å². The van der Waals surface area contributed by atoms with Crippen molar-refractivity contribution in [3.05, 3.63) is 29.8 Å². The van der Waals surface area contributed by atoms with Crippen molar-refractivity contribution in [3.8, 4) is 0 Å². The molecule has 96 valence electrons. The number of rotatable bonds is 6. The first-order valence-corrected chi connectivity index (χ1v) is 5.66. The van der Waals surface area contributed by atoms with E-state index in [1.165, 1.54) is 11.3 Å². The summed E-state index contributed by atoms with van der Waals surface area (Å²) in [7, 11) is 2.01. The Morgan fingerprint density at radius 1 is 1.35 bits per heavy atom. The third-order valence-electron chi connectivity index (χ3n) is 2.67. The molecule has 0 aromatic heterocycles. The van der Waals surface area contributed by atoms with E-state index >= 15 is 0 Å². The molecule has 1 aromatic rings. The van der Waals surface area contributed by atoms with Crippen molar-refractivity contribution in [3.63, 3.8) is 0 Å². The lowest BCUT2D eigenvalue weighted by molar-refractivity contribution is -0.137. The molecule has 0 radical (unpaired) electrons. The number of benzene rings is 1. The van der Waals surface area contributed by atoms with Crippen LogP contribution < -0.4 is 4.90 Å². The normalized spacial score (nSPS) is 9.53. The van der Waals surface area contributed by atoms with Gasteiger partial charge in [-0.2, -0.15) is 0 Å². The fraction of sp³-hybridized carbons (Fsp3) is 0.462. The molecule has 4 heteroatoms. The molecule has 0 amide bonds. The van der Waals surface area contributed by atoms with Gasteiger partial charge >= 0.3 is 5.97 Å². The van der Waals surface area contributed by atoms with E-state index < -0.39 is 5.97 Å². The van der Waals surface area contributed by atoms with Crippen molar-refractivity contribution in [1.29, 1.82) is 0 Å². The van der Waals surface area contributed by atoms with Gasteiger partial charge in [0.2, 0.25) is 0 Å². The molecular weight excluding hydrogens is 238 g/mol. The van der Waals surface area contributed by atoms with Gasteiger partial charge in [-0.1, -0.05) is 25.1 Å². The lowest BCUT2D eigenvalue weighted by Gasteiger charge is -2.21. The van der Waals surface area contributed by atoms with Crippen LogP contribution in [0.15, 0.2) is 24.3 Å². The number of halogens is 1. The molecule has 0 atom stereocenters. The summed E-state index contributed by atoms with van der Waals surface area (Å²) in [6, 6.07) is 8.25. The molecule has 0 heterocycles. The van der Waals surface area contributed by atoms with Gasteiger partial charge in [0.15, 0.2) is 0 Å². The van der Waals surface area contributed by atoms with Crippen LogP contribution in [0.5, 0.6) is 0 Å². The molecule has 3 nitrogen and oxygen atoms in total. The fourth-order valence-corrected chi connectivity index (χ4v) is 1.77.